The first-order valence-corrected chi connectivity index (χ1v) is 11.9. The third kappa shape index (κ3) is 7.05. The second kappa shape index (κ2) is 12.2. The summed E-state index contributed by atoms with van der Waals surface area (Å²) < 4.78 is 0. The number of phenolic OH excluding ortho intramolecular Hbond substituents is 1. The number of nitrogens with zero attached hydrogens (tertiary/aromatic N) is 1. The van der Waals surface area contributed by atoms with Gasteiger partial charge in [-0.25, -0.2) is 4.79 Å². The number of carbonyl (C=O) groups excluding carboxylic acids is 3. The van der Waals surface area contributed by atoms with Gasteiger partial charge in [0, 0.05) is 19.4 Å². The molecule has 36 heavy (non-hydrogen) atoms. The second-order valence-electron chi connectivity index (χ2n) is 9.00. The van der Waals surface area contributed by atoms with E-state index in [9.17, 15) is 29.4 Å². The van der Waals surface area contributed by atoms with Crippen molar-refractivity contribution in [3.8, 4) is 5.75 Å². The van der Waals surface area contributed by atoms with E-state index in [0.29, 0.717) is 24.9 Å². The van der Waals surface area contributed by atoms with Crippen LogP contribution in [0.3, 0.4) is 0 Å². The lowest BCUT2D eigenvalue weighted by atomic mass is 10.0. The lowest BCUT2D eigenvalue weighted by Crippen LogP contribution is -2.57. The van der Waals surface area contributed by atoms with Crippen molar-refractivity contribution in [2.45, 2.75) is 56.8 Å². The van der Waals surface area contributed by atoms with E-state index in [0.717, 1.165) is 5.56 Å². The summed E-state index contributed by atoms with van der Waals surface area (Å²) in [5.41, 5.74) is 7.15. The van der Waals surface area contributed by atoms with Crippen LogP contribution in [0.4, 0.5) is 0 Å². The maximum absolute atomic E-state index is 13.5. The number of rotatable bonds is 10. The number of carbonyl (C=O) groups is 4. The van der Waals surface area contributed by atoms with Crippen LogP contribution in [0.5, 0.6) is 5.75 Å². The summed E-state index contributed by atoms with van der Waals surface area (Å²) in [6, 6.07) is 11.4. The van der Waals surface area contributed by atoms with E-state index >= 15 is 0 Å². The Labute approximate surface area is 209 Å². The van der Waals surface area contributed by atoms with Gasteiger partial charge in [-0.1, -0.05) is 42.5 Å². The fourth-order valence-corrected chi connectivity index (χ4v) is 4.19. The molecule has 1 aliphatic rings. The molecular weight excluding hydrogens is 464 g/mol. The first kappa shape index (κ1) is 26.7. The first-order chi connectivity index (χ1) is 17.2. The molecule has 0 saturated carbocycles. The van der Waals surface area contributed by atoms with E-state index in [1.54, 1.807) is 12.1 Å². The molecule has 1 saturated heterocycles. The fraction of sp³-hybridized carbons (Fsp3) is 0.385. The minimum absolute atomic E-state index is 0.0170. The highest BCUT2D eigenvalue weighted by atomic mass is 16.4. The summed E-state index contributed by atoms with van der Waals surface area (Å²) in [6.45, 7) is 1.83. The van der Waals surface area contributed by atoms with E-state index in [1.165, 1.54) is 24.0 Å². The minimum Gasteiger partial charge on any atom is -0.508 e. The molecule has 3 rings (SSSR count). The van der Waals surface area contributed by atoms with Crippen LogP contribution in [0.15, 0.2) is 54.6 Å². The van der Waals surface area contributed by atoms with Crippen molar-refractivity contribution < 1.29 is 29.4 Å². The largest absolute Gasteiger partial charge is 0.508 e. The van der Waals surface area contributed by atoms with Gasteiger partial charge in [0.05, 0.1) is 6.04 Å². The number of hydrogen-bond acceptors (Lipinski definition) is 6. The highest BCUT2D eigenvalue weighted by Gasteiger charge is 2.39. The van der Waals surface area contributed by atoms with Crippen LogP contribution < -0.4 is 16.4 Å². The molecule has 2 aromatic rings. The Morgan fingerprint density at radius 2 is 1.58 bits per heavy atom. The van der Waals surface area contributed by atoms with Gasteiger partial charge in [-0.2, -0.15) is 0 Å². The summed E-state index contributed by atoms with van der Waals surface area (Å²) in [6.07, 6.45) is 1.19. The maximum Gasteiger partial charge on any atom is 0.326 e. The molecular formula is C26H32N4O6. The van der Waals surface area contributed by atoms with Crippen molar-refractivity contribution in [1.82, 2.24) is 15.5 Å². The number of phenols is 1. The monoisotopic (exact) mass is 496 g/mol. The molecule has 192 valence electrons. The molecule has 3 amide bonds. The SMILES string of the molecule is CC(N)C(=O)NC(Cc1ccccc1)C(=O)N1CCCC1C(=O)NC(Cc1ccc(O)cc1)C(=O)O. The molecule has 4 unspecified atom stereocenters. The zero-order valence-corrected chi connectivity index (χ0v) is 20.1. The van der Waals surface area contributed by atoms with Gasteiger partial charge in [-0.15, -0.1) is 0 Å². The molecule has 1 fully saturated rings. The standard InChI is InChI=1S/C26H32N4O6/c1-16(27)23(32)28-20(14-17-6-3-2-4-7-17)25(34)30-13-5-8-22(30)24(33)29-21(26(35)36)15-18-9-11-19(31)12-10-18/h2-4,6-7,9-12,16,20-22,31H,5,8,13-15,27H2,1H3,(H,28,32)(H,29,33)(H,35,36). The van der Waals surface area contributed by atoms with E-state index in [4.69, 9.17) is 5.73 Å². The zero-order chi connectivity index (χ0) is 26.2. The van der Waals surface area contributed by atoms with Crippen LogP contribution in [-0.2, 0) is 32.0 Å². The molecule has 0 radical (unpaired) electrons. The van der Waals surface area contributed by atoms with Gasteiger partial charge in [0.1, 0.15) is 23.9 Å². The number of aliphatic carboxylic acids is 1. The number of aromatic hydroxyl groups is 1. The molecule has 10 nitrogen and oxygen atoms in total. The third-order valence-electron chi connectivity index (χ3n) is 6.14. The molecule has 6 N–H and O–H groups in total. The van der Waals surface area contributed by atoms with Gasteiger partial charge >= 0.3 is 5.97 Å². The van der Waals surface area contributed by atoms with Crippen molar-refractivity contribution in [3.05, 3.63) is 65.7 Å². The number of nitrogens with two attached hydrogens (primary N) is 1. The Morgan fingerprint density at radius 3 is 2.19 bits per heavy atom. The number of hydrogen-bond donors (Lipinski definition) is 5. The molecule has 0 bridgehead atoms. The number of carboxylic acids is 1. The van der Waals surface area contributed by atoms with Gasteiger partial charge in [0.2, 0.25) is 17.7 Å². The van der Waals surface area contributed by atoms with E-state index in [2.05, 4.69) is 10.6 Å². The third-order valence-corrected chi connectivity index (χ3v) is 6.14. The number of nitrogens with one attached hydrogen (secondary N) is 2. The van der Waals surface area contributed by atoms with E-state index in [-0.39, 0.29) is 18.6 Å². The van der Waals surface area contributed by atoms with Gasteiger partial charge in [0.15, 0.2) is 0 Å². The highest BCUT2D eigenvalue weighted by Crippen LogP contribution is 2.20. The van der Waals surface area contributed by atoms with Crippen LogP contribution in [0.25, 0.3) is 0 Å². The van der Waals surface area contributed by atoms with E-state index in [1.807, 2.05) is 30.3 Å². The van der Waals surface area contributed by atoms with Crippen LogP contribution in [0, 0.1) is 0 Å². The average molecular weight is 497 g/mol. The Hall–Kier alpha value is -3.92. The average Bonchev–Trinajstić information content (AvgIpc) is 3.34. The van der Waals surface area contributed by atoms with Crippen LogP contribution in [0.1, 0.15) is 30.9 Å². The highest BCUT2D eigenvalue weighted by molar-refractivity contribution is 5.94. The lowest BCUT2D eigenvalue weighted by molar-refractivity contribution is -0.144. The predicted molar refractivity (Wildman–Crippen MR) is 132 cm³/mol. The molecule has 2 aromatic carbocycles. The maximum atomic E-state index is 13.5. The summed E-state index contributed by atoms with van der Waals surface area (Å²) in [5, 5.41) is 24.3. The van der Waals surface area contributed by atoms with Gasteiger partial charge in [-0.3, -0.25) is 14.4 Å². The van der Waals surface area contributed by atoms with Crippen LogP contribution in [0.2, 0.25) is 0 Å². The van der Waals surface area contributed by atoms with Gasteiger partial charge < -0.3 is 31.5 Å². The fourth-order valence-electron chi connectivity index (χ4n) is 4.19. The Kier molecular flexibility index (Phi) is 9.02. The van der Waals surface area contributed by atoms with Crippen molar-refractivity contribution in [2.24, 2.45) is 5.73 Å². The number of carboxylic acid groups (broad SMARTS) is 1. The quantitative estimate of drug-likeness (QED) is 0.321. The summed E-state index contributed by atoms with van der Waals surface area (Å²) in [7, 11) is 0. The Balaban J connectivity index is 1.74. The lowest BCUT2D eigenvalue weighted by Gasteiger charge is -2.30. The van der Waals surface area contributed by atoms with Gasteiger partial charge in [-0.05, 0) is 43.0 Å². The molecule has 0 aromatic heterocycles. The summed E-state index contributed by atoms with van der Waals surface area (Å²) in [5.74, 6) is -2.63. The minimum atomic E-state index is -1.21. The molecule has 4 atom stereocenters. The van der Waals surface area contributed by atoms with E-state index < -0.39 is 47.9 Å². The molecule has 1 aliphatic heterocycles. The smallest absolute Gasteiger partial charge is 0.326 e. The van der Waals surface area contributed by atoms with Crippen LogP contribution >= 0.6 is 0 Å². The number of likely N-dealkylation sites (tertiary alicyclic amines) is 1. The molecule has 10 heteroatoms. The second-order valence-corrected chi connectivity index (χ2v) is 9.00. The normalized spacial score (nSPS) is 17.6. The first-order valence-electron chi connectivity index (χ1n) is 11.9. The summed E-state index contributed by atoms with van der Waals surface area (Å²) in [4.78, 5) is 52.2. The summed E-state index contributed by atoms with van der Waals surface area (Å²) >= 11 is 0. The predicted octanol–water partition coefficient (Wildman–Crippen LogP) is 0.570. The molecule has 0 aliphatic carbocycles. The molecule has 1 heterocycles. The van der Waals surface area contributed by atoms with Crippen molar-refractivity contribution in [1.29, 1.82) is 0 Å². The number of amides is 3. The zero-order valence-electron chi connectivity index (χ0n) is 20.1. The van der Waals surface area contributed by atoms with Crippen molar-refractivity contribution >= 4 is 23.7 Å². The Morgan fingerprint density at radius 1 is 0.972 bits per heavy atom. The van der Waals surface area contributed by atoms with Crippen molar-refractivity contribution in [3.63, 3.8) is 0 Å². The molecule has 0 spiro atoms. The van der Waals surface area contributed by atoms with Gasteiger partial charge in [0.25, 0.3) is 0 Å². The topological polar surface area (TPSA) is 162 Å². The Bertz CT molecular complexity index is 1070. The van der Waals surface area contributed by atoms with Crippen LogP contribution in [-0.4, -0.2) is 69.5 Å². The van der Waals surface area contributed by atoms with Crippen molar-refractivity contribution in [2.75, 3.05) is 6.54 Å². The number of benzene rings is 2.